The molecule has 0 radical (unpaired) electrons. The monoisotopic (exact) mass is 191 g/mol. The molecule has 0 rings (SSSR count). The van der Waals surface area contributed by atoms with Crippen LogP contribution in [0.3, 0.4) is 0 Å². The number of hydrogen-bond donors (Lipinski definition) is 1. The molecule has 6 heteroatoms. The van der Waals surface area contributed by atoms with Gasteiger partial charge < -0.3 is 0 Å². The van der Waals surface area contributed by atoms with Crippen LogP contribution in [0.25, 0.3) is 0 Å². The number of carbonyl (C=O) groups is 1. The van der Waals surface area contributed by atoms with Gasteiger partial charge in [0.2, 0.25) is 0 Å². The van der Waals surface area contributed by atoms with Gasteiger partial charge in [0.1, 0.15) is 0 Å². The van der Waals surface area contributed by atoms with Crippen molar-refractivity contribution >= 4 is 16.2 Å². The van der Waals surface area contributed by atoms with Gasteiger partial charge in [0.25, 0.3) is 5.91 Å². The van der Waals surface area contributed by atoms with E-state index in [1.54, 1.807) is 0 Å². The van der Waals surface area contributed by atoms with Gasteiger partial charge in [-0.15, -0.1) is 0 Å². The van der Waals surface area contributed by atoms with Gasteiger partial charge in [-0.2, -0.15) is 12.7 Å². The largest absolute Gasteiger partial charge is 0.366 e. The van der Waals surface area contributed by atoms with Crippen LogP contribution in [0.15, 0.2) is 24.9 Å². The molecule has 0 saturated carbocycles. The Labute approximate surface area is 70.9 Å². The lowest BCUT2D eigenvalue weighted by Gasteiger charge is -2.12. The van der Waals surface area contributed by atoms with Gasteiger partial charge in [0.05, 0.1) is 0 Å². The molecule has 0 saturated heterocycles. The molecule has 0 aliphatic carbocycles. The highest BCUT2D eigenvalue weighted by atomic mass is 32.2. The summed E-state index contributed by atoms with van der Waals surface area (Å²) >= 11 is 0. The molecule has 0 aromatic carbocycles. The quantitative estimate of drug-likeness (QED) is 0.515. The van der Waals surface area contributed by atoms with Crippen LogP contribution < -0.4 is 0 Å². The van der Waals surface area contributed by atoms with Crippen molar-refractivity contribution < 1.29 is 17.8 Å². The summed E-state index contributed by atoms with van der Waals surface area (Å²) in [7, 11) is -4.55. The third kappa shape index (κ3) is 2.48. The van der Waals surface area contributed by atoms with Gasteiger partial charge in [0.15, 0.2) is 0 Å². The second-order valence-electron chi connectivity index (χ2n) is 2.04. The van der Waals surface area contributed by atoms with E-state index in [0.29, 0.717) is 6.20 Å². The lowest BCUT2D eigenvalue weighted by molar-refractivity contribution is -0.121. The third-order valence-electron chi connectivity index (χ3n) is 0.980. The van der Waals surface area contributed by atoms with E-state index < -0.39 is 16.2 Å². The van der Waals surface area contributed by atoms with Crippen LogP contribution in [-0.2, 0) is 15.1 Å². The first-order valence-corrected chi connectivity index (χ1v) is 4.29. The van der Waals surface area contributed by atoms with Crippen molar-refractivity contribution in [3.63, 3.8) is 0 Å². The normalized spacial score (nSPS) is 10.5. The molecule has 1 N–H and O–H groups in total. The van der Waals surface area contributed by atoms with Crippen molar-refractivity contribution in [3.8, 4) is 0 Å². The van der Waals surface area contributed by atoms with E-state index in [2.05, 4.69) is 13.2 Å². The lowest BCUT2D eigenvalue weighted by atomic mass is 10.3. The van der Waals surface area contributed by atoms with Crippen molar-refractivity contribution in [2.24, 2.45) is 0 Å². The Morgan fingerprint density at radius 3 is 2.08 bits per heavy atom. The van der Waals surface area contributed by atoms with Crippen LogP contribution >= 0.6 is 0 Å². The molecule has 0 aromatic rings. The molecule has 1 amide bonds. The van der Waals surface area contributed by atoms with Crippen LogP contribution in [0.4, 0.5) is 0 Å². The van der Waals surface area contributed by atoms with Crippen LogP contribution in [0.2, 0.25) is 0 Å². The predicted octanol–water partition coefficient (Wildman–Crippen LogP) is 0.337. The van der Waals surface area contributed by atoms with E-state index in [1.165, 1.54) is 6.92 Å². The van der Waals surface area contributed by atoms with Crippen LogP contribution in [0.1, 0.15) is 6.92 Å². The van der Waals surface area contributed by atoms with Crippen LogP contribution in [-0.4, -0.2) is 23.2 Å². The summed E-state index contributed by atoms with van der Waals surface area (Å²) in [5.74, 6) is -0.910. The number of rotatable bonds is 3. The van der Waals surface area contributed by atoms with E-state index in [4.69, 9.17) is 4.55 Å². The molecule has 0 aromatic heterocycles. The fraction of sp³-hybridized carbons (Fsp3) is 0.167. The van der Waals surface area contributed by atoms with Gasteiger partial charge in [-0.3, -0.25) is 9.35 Å². The maximum absolute atomic E-state index is 10.9. The minimum absolute atomic E-state index is 0.00692. The zero-order chi connectivity index (χ0) is 9.94. The Kier molecular flexibility index (Phi) is 3.17. The predicted molar refractivity (Wildman–Crippen MR) is 43.4 cm³/mol. The minimum Gasteiger partial charge on any atom is -0.269 e. The highest BCUT2D eigenvalue weighted by molar-refractivity contribution is 7.84. The third-order valence-corrected chi connectivity index (χ3v) is 1.79. The topological polar surface area (TPSA) is 74.7 Å². The second kappa shape index (κ2) is 3.51. The molecule has 5 nitrogen and oxygen atoms in total. The maximum Gasteiger partial charge on any atom is 0.366 e. The second-order valence-corrected chi connectivity index (χ2v) is 3.33. The summed E-state index contributed by atoms with van der Waals surface area (Å²) in [4.78, 5) is 10.9. The molecule has 0 aliphatic heterocycles. The molecule has 12 heavy (non-hydrogen) atoms. The van der Waals surface area contributed by atoms with Gasteiger partial charge in [0, 0.05) is 11.8 Å². The molecular formula is C6H9NO4S. The maximum atomic E-state index is 10.9. The van der Waals surface area contributed by atoms with Crippen molar-refractivity contribution in [3.05, 3.63) is 24.9 Å². The fourth-order valence-corrected chi connectivity index (χ4v) is 1.02. The molecule has 0 heterocycles. The SMILES string of the molecule is C=CN(C(=O)C(=C)C)S(=O)(=O)O. The minimum atomic E-state index is -4.55. The van der Waals surface area contributed by atoms with Gasteiger partial charge in [-0.25, -0.2) is 0 Å². The fourth-order valence-electron chi connectivity index (χ4n) is 0.470. The highest BCUT2D eigenvalue weighted by Gasteiger charge is 2.22. The first-order valence-electron chi connectivity index (χ1n) is 2.90. The van der Waals surface area contributed by atoms with Crippen molar-refractivity contribution in [1.29, 1.82) is 0 Å². The average molecular weight is 191 g/mol. The first kappa shape index (κ1) is 10.9. The molecule has 0 unspecified atom stereocenters. The van der Waals surface area contributed by atoms with Gasteiger partial charge >= 0.3 is 10.3 Å². The molecule has 0 atom stereocenters. The molecule has 68 valence electrons. The van der Waals surface area contributed by atoms with Crippen molar-refractivity contribution in [2.75, 3.05) is 0 Å². The zero-order valence-electron chi connectivity index (χ0n) is 6.52. The highest BCUT2D eigenvalue weighted by Crippen LogP contribution is 2.03. The van der Waals surface area contributed by atoms with E-state index in [1.807, 2.05) is 0 Å². The molecule has 0 bridgehead atoms. The Morgan fingerprint density at radius 1 is 1.58 bits per heavy atom. The van der Waals surface area contributed by atoms with Crippen LogP contribution in [0.5, 0.6) is 0 Å². The van der Waals surface area contributed by atoms with Crippen LogP contribution in [0, 0.1) is 0 Å². The lowest BCUT2D eigenvalue weighted by Crippen LogP contribution is -2.31. The number of carbonyl (C=O) groups excluding carboxylic acids is 1. The van der Waals surface area contributed by atoms with E-state index in [9.17, 15) is 13.2 Å². The van der Waals surface area contributed by atoms with Gasteiger partial charge in [-0.05, 0) is 6.92 Å². The number of hydrogen-bond acceptors (Lipinski definition) is 3. The summed E-state index contributed by atoms with van der Waals surface area (Å²) in [6.45, 7) is 7.60. The Balaban J connectivity index is 4.96. The Bertz CT molecular complexity index is 316. The van der Waals surface area contributed by atoms with Crippen molar-refractivity contribution in [1.82, 2.24) is 4.31 Å². The summed E-state index contributed by atoms with van der Waals surface area (Å²) in [6.07, 6.45) is 0.701. The standard InChI is InChI=1S/C6H9NO4S/c1-4-7(12(9,10)11)6(8)5(2)3/h4H,1-2H2,3H3,(H,9,10,11). The van der Waals surface area contributed by atoms with Crippen molar-refractivity contribution in [2.45, 2.75) is 6.92 Å². The summed E-state index contributed by atoms with van der Waals surface area (Å²) < 4.78 is 29.5. The first-order chi connectivity index (χ1) is 5.30. The molecule has 0 aliphatic rings. The Hall–Kier alpha value is -1.14. The Morgan fingerprint density at radius 2 is 2.00 bits per heavy atom. The molecule has 0 spiro atoms. The van der Waals surface area contributed by atoms with Gasteiger partial charge in [-0.1, -0.05) is 13.2 Å². The summed E-state index contributed by atoms with van der Waals surface area (Å²) in [5.41, 5.74) is -0.00692. The molecule has 0 fully saturated rings. The number of nitrogens with zero attached hydrogens (tertiary/aromatic N) is 1. The van der Waals surface area contributed by atoms with E-state index in [-0.39, 0.29) is 9.88 Å². The number of amides is 1. The van der Waals surface area contributed by atoms with E-state index in [0.717, 1.165) is 0 Å². The van der Waals surface area contributed by atoms with E-state index >= 15 is 0 Å². The average Bonchev–Trinajstić information content (AvgIpc) is 1.85. The molecular weight excluding hydrogens is 182 g/mol. The smallest absolute Gasteiger partial charge is 0.269 e. The summed E-state index contributed by atoms with van der Waals surface area (Å²) in [5, 5.41) is 0. The zero-order valence-corrected chi connectivity index (χ0v) is 7.34. The summed E-state index contributed by atoms with van der Waals surface area (Å²) in [6, 6.07) is 0.